The normalized spacial score (nSPS) is 14.6. The van der Waals surface area contributed by atoms with Gasteiger partial charge in [0.15, 0.2) is 5.76 Å². The summed E-state index contributed by atoms with van der Waals surface area (Å²) in [6, 6.07) is 9.56. The minimum absolute atomic E-state index is 0.153. The fourth-order valence-corrected chi connectivity index (χ4v) is 2.58. The molecule has 8 heteroatoms. The second kappa shape index (κ2) is 7.06. The molecule has 2 N–H and O–H groups in total. The number of rotatable bonds is 6. The minimum atomic E-state index is -0.738. The molecule has 1 atom stereocenters. The van der Waals surface area contributed by atoms with Gasteiger partial charge in [-0.15, -0.1) is 0 Å². The number of furan rings is 1. The van der Waals surface area contributed by atoms with E-state index in [1.807, 2.05) is 6.07 Å². The van der Waals surface area contributed by atoms with Gasteiger partial charge in [0.2, 0.25) is 17.6 Å². The molecule has 1 aliphatic carbocycles. The molecule has 2 aromatic heterocycles. The van der Waals surface area contributed by atoms with Gasteiger partial charge in [-0.05, 0) is 44.0 Å². The van der Waals surface area contributed by atoms with Crippen LogP contribution in [-0.2, 0) is 4.79 Å². The van der Waals surface area contributed by atoms with Gasteiger partial charge >= 0.3 is 0 Å². The number of anilines is 1. The van der Waals surface area contributed by atoms with Crippen LogP contribution in [0.25, 0.3) is 11.4 Å². The van der Waals surface area contributed by atoms with Gasteiger partial charge in [-0.2, -0.15) is 4.98 Å². The highest BCUT2D eigenvalue weighted by atomic mass is 16.5. The van der Waals surface area contributed by atoms with E-state index in [0.29, 0.717) is 23.3 Å². The second-order valence-electron chi connectivity index (χ2n) is 6.47. The lowest BCUT2D eigenvalue weighted by Crippen LogP contribution is -2.41. The Morgan fingerprint density at radius 1 is 1.22 bits per heavy atom. The summed E-state index contributed by atoms with van der Waals surface area (Å²) < 4.78 is 10.3. The largest absolute Gasteiger partial charge is 0.459 e. The van der Waals surface area contributed by atoms with Crippen LogP contribution in [0.1, 0.15) is 42.1 Å². The zero-order chi connectivity index (χ0) is 18.8. The molecular weight excluding hydrogens is 348 g/mol. The maximum atomic E-state index is 12.4. The van der Waals surface area contributed by atoms with Gasteiger partial charge in [0, 0.05) is 17.2 Å². The maximum absolute atomic E-state index is 12.4. The van der Waals surface area contributed by atoms with Crippen LogP contribution in [0.2, 0.25) is 0 Å². The molecule has 0 saturated heterocycles. The molecule has 8 nitrogen and oxygen atoms in total. The Morgan fingerprint density at radius 3 is 2.81 bits per heavy atom. The topological polar surface area (TPSA) is 110 Å². The van der Waals surface area contributed by atoms with E-state index in [0.717, 1.165) is 18.4 Å². The van der Waals surface area contributed by atoms with Crippen LogP contribution in [0.3, 0.4) is 0 Å². The van der Waals surface area contributed by atoms with Gasteiger partial charge in [0.1, 0.15) is 6.04 Å². The Hall–Kier alpha value is -3.42. The number of hydrogen-bond acceptors (Lipinski definition) is 6. The number of nitrogens with one attached hydrogen (secondary N) is 2. The number of hydrogen-bond donors (Lipinski definition) is 2. The van der Waals surface area contributed by atoms with Crippen molar-refractivity contribution >= 4 is 17.5 Å². The lowest BCUT2D eigenvalue weighted by Gasteiger charge is -2.13. The summed E-state index contributed by atoms with van der Waals surface area (Å²) in [5, 5.41) is 9.37. The third-order valence-electron chi connectivity index (χ3n) is 4.24. The number of nitrogens with zero attached hydrogens (tertiary/aromatic N) is 2. The molecule has 1 fully saturated rings. The van der Waals surface area contributed by atoms with Crippen molar-refractivity contribution in [2.45, 2.75) is 31.7 Å². The van der Waals surface area contributed by atoms with Crippen molar-refractivity contribution in [2.75, 3.05) is 5.32 Å². The quantitative estimate of drug-likeness (QED) is 0.694. The molecule has 0 aliphatic heterocycles. The first-order chi connectivity index (χ1) is 13.1. The second-order valence-corrected chi connectivity index (χ2v) is 6.47. The lowest BCUT2D eigenvalue weighted by atomic mass is 10.2. The van der Waals surface area contributed by atoms with Crippen molar-refractivity contribution in [1.82, 2.24) is 15.5 Å². The van der Waals surface area contributed by atoms with Gasteiger partial charge in [-0.25, -0.2) is 0 Å². The average molecular weight is 366 g/mol. The monoisotopic (exact) mass is 366 g/mol. The third-order valence-corrected chi connectivity index (χ3v) is 4.24. The van der Waals surface area contributed by atoms with Crippen LogP contribution in [0.4, 0.5) is 5.69 Å². The molecule has 0 radical (unpaired) electrons. The Kier molecular flexibility index (Phi) is 4.45. The van der Waals surface area contributed by atoms with Gasteiger partial charge in [-0.3, -0.25) is 9.59 Å². The molecule has 27 heavy (non-hydrogen) atoms. The van der Waals surface area contributed by atoms with Crippen molar-refractivity contribution in [1.29, 1.82) is 0 Å². The molecular formula is C19H18N4O4. The molecule has 2 heterocycles. The van der Waals surface area contributed by atoms with E-state index >= 15 is 0 Å². The number of amides is 2. The van der Waals surface area contributed by atoms with Crippen molar-refractivity contribution in [3.05, 3.63) is 54.3 Å². The third kappa shape index (κ3) is 3.89. The van der Waals surface area contributed by atoms with Crippen LogP contribution in [-0.4, -0.2) is 28.0 Å². The average Bonchev–Trinajstić information content (AvgIpc) is 3.17. The Labute approximate surface area is 154 Å². The van der Waals surface area contributed by atoms with Crippen molar-refractivity contribution in [2.24, 2.45) is 0 Å². The van der Waals surface area contributed by atoms with Crippen LogP contribution in [0.5, 0.6) is 0 Å². The van der Waals surface area contributed by atoms with E-state index in [2.05, 4.69) is 20.8 Å². The molecule has 138 valence electrons. The highest BCUT2D eigenvalue weighted by Crippen LogP contribution is 2.39. The maximum Gasteiger partial charge on any atom is 0.287 e. The molecule has 2 amide bonds. The van der Waals surface area contributed by atoms with Crippen LogP contribution in [0.15, 0.2) is 51.6 Å². The zero-order valence-electron chi connectivity index (χ0n) is 14.6. The summed E-state index contributed by atoms with van der Waals surface area (Å²) >= 11 is 0. The smallest absolute Gasteiger partial charge is 0.287 e. The summed E-state index contributed by atoms with van der Waals surface area (Å²) in [5.41, 5.74) is 1.32. The lowest BCUT2D eigenvalue weighted by molar-refractivity contribution is -0.117. The molecule has 0 bridgehead atoms. The first-order valence-corrected chi connectivity index (χ1v) is 8.69. The van der Waals surface area contributed by atoms with E-state index < -0.39 is 11.9 Å². The molecule has 1 aliphatic rings. The summed E-state index contributed by atoms with van der Waals surface area (Å²) in [6.45, 7) is 1.60. The van der Waals surface area contributed by atoms with Crippen molar-refractivity contribution < 1.29 is 18.5 Å². The standard InChI is InChI=1S/C19H18N4O4/c1-11(20-18(25)15-6-3-9-26-15)17(24)21-14-5-2-4-13(10-14)16-22-19(27-23-16)12-7-8-12/h2-6,9-12H,7-8H2,1H3,(H,20,25)(H,21,24)/t11-/m0/s1. The van der Waals surface area contributed by atoms with Gasteiger partial charge in [0.25, 0.3) is 5.91 Å². The fraction of sp³-hybridized carbons (Fsp3) is 0.263. The highest BCUT2D eigenvalue weighted by molar-refractivity contribution is 6.00. The molecule has 1 saturated carbocycles. The highest BCUT2D eigenvalue weighted by Gasteiger charge is 2.29. The number of benzene rings is 1. The summed E-state index contributed by atoms with van der Waals surface area (Å²) in [4.78, 5) is 28.7. The van der Waals surface area contributed by atoms with Crippen LogP contribution < -0.4 is 10.6 Å². The van der Waals surface area contributed by atoms with Gasteiger partial charge in [-0.1, -0.05) is 17.3 Å². The molecule has 0 spiro atoms. The van der Waals surface area contributed by atoms with E-state index in [1.54, 1.807) is 31.2 Å². The molecule has 4 rings (SSSR count). The van der Waals surface area contributed by atoms with E-state index in [-0.39, 0.29) is 11.7 Å². The fourth-order valence-electron chi connectivity index (χ4n) is 2.58. The van der Waals surface area contributed by atoms with E-state index in [9.17, 15) is 9.59 Å². The van der Waals surface area contributed by atoms with Crippen LogP contribution in [0, 0.1) is 0 Å². The van der Waals surface area contributed by atoms with Crippen molar-refractivity contribution in [3.8, 4) is 11.4 Å². The van der Waals surface area contributed by atoms with Crippen LogP contribution >= 0.6 is 0 Å². The summed E-state index contributed by atoms with van der Waals surface area (Å²) in [7, 11) is 0. The van der Waals surface area contributed by atoms with Gasteiger partial charge in [0.05, 0.1) is 6.26 Å². The number of carbonyl (C=O) groups is 2. The summed E-state index contributed by atoms with van der Waals surface area (Å²) in [5.74, 6) is 0.892. The summed E-state index contributed by atoms with van der Waals surface area (Å²) in [6.07, 6.45) is 3.57. The Bertz CT molecular complexity index is 960. The Morgan fingerprint density at radius 2 is 2.07 bits per heavy atom. The first-order valence-electron chi connectivity index (χ1n) is 8.69. The predicted molar refractivity (Wildman–Crippen MR) is 96.0 cm³/mol. The Balaban J connectivity index is 1.41. The first kappa shape index (κ1) is 17.0. The molecule has 1 aromatic carbocycles. The predicted octanol–water partition coefficient (Wildman–Crippen LogP) is 2.96. The van der Waals surface area contributed by atoms with Crippen molar-refractivity contribution in [3.63, 3.8) is 0 Å². The SMILES string of the molecule is C[C@H](NC(=O)c1ccco1)C(=O)Nc1cccc(-c2noc(C3CC3)n2)c1. The number of carbonyl (C=O) groups excluding carboxylic acids is 2. The van der Waals surface area contributed by atoms with E-state index in [1.165, 1.54) is 12.3 Å². The van der Waals surface area contributed by atoms with E-state index in [4.69, 9.17) is 8.94 Å². The number of aromatic nitrogens is 2. The zero-order valence-corrected chi connectivity index (χ0v) is 14.6. The van der Waals surface area contributed by atoms with Gasteiger partial charge < -0.3 is 19.6 Å². The minimum Gasteiger partial charge on any atom is -0.459 e. The molecule has 3 aromatic rings. The molecule has 0 unspecified atom stereocenters.